The van der Waals surface area contributed by atoms with Crippen molar-refractivity contribution in [1.29, 1.82) is 0 Å². The maximum atomic E-state index is 3.80. The summed E-state index contributed by atoms with van der Waals surface area (Å²) in [5.41, 5.74) is 0. The summed E-state index contributed by atoms with van der Waals surface area (Å²) in [6, 6.07) is 0. The van der Waals surface area contributed by atoms with Crippen LogP contribution in [-0.2, 0) is 0 Å². The van der Waals surface area contributed by atoms with Gasteiger partial charge in [-0.25, -0.2) is 0 Å². The predicted molar refractivity (Wildman–Crippen MR) is 47.9 cm³/mol. The largest absolute Gasteiger partial charge is 0.0888 e. The van der Waals surface area contributed by atoms with E-state index in [1.807, 2.05) is 0 Å². The van der Waals surface area contributed by atoms with E-state index in [-0.39, 0.29) is 0 Å². The van der Waals surface area contributed by atoms with Gasteiger partial charge in [-0.05, 0) is 19.3 Å². The van der Waals surface area contributed by atoms with Crippen LogP contribution in [0.3, 0.4) is 0 Å². The van der Waals surface area contributed by atoms with E-state index in [2.05, 4.69) is 26.0 Å². The van der Waals surface area contributed by atoms with E-state index in [1.54, 1.807) is 0 Å². The van der Waals surface area contributed by atoms with E-state index >= 15 is 0 Å². The Bertz CT molecular complexity index is 72.1. The zero-order valence-electron chi connectivity index (χ0n) is 7.10. The molecule has 0 spiro atoms. The quantitative estimate of drug-likeness (QED) is 0.388. The van der Waals surface area contributed by atoms with Crippen LogP contribution in [0.15, 0.2) is 12.2 Å². The van der Waals surface area contributed by atoms with Gasteiger partial charge in [0.2, 0.25) is 0 Å². The third kappa shape index (κ3) is 7.74. The van der Waals surface area contributed by atoms with Crippen LogP contribution in [0.25, 0.3) is 0 Å². The summed E-state index contributed by atoms with van der Waals surface area (Å²) in [5, 5.41) is 0. The number of unbranched alkanes of at least 4 members (excludes halogenated alkanes) is 4. The molecule has 0 aromatic carbocycles. The zero-order chi connectivity index (χ0) is 7.66. The van der Waals surface area contributed by atoms with E-state index < -0.39 is 0 Å². The average Bonchev–Trinajstić information content (AvgIpc) is 1.97. The summed E-state index contributed by atoms with van der Waals surface area (Å²) in [5.74, 6) is 0. The van der Waals surface area contributed by atoms with Crippen molar-refractivity contribution in [3.05, 3.63) is 19.1 Å². The van der Waals surface area contributed by atoms with Gasteiger partial charge >= 0.3 is 0 Å². The van der Waals surface area contributed by atoms with Gasteiger partial charge in [0.05, 0.1) is 0 Å². The SMILES string of the molecule is [CH2]CCCCCC=CCC. The number of hydrogen-bond donors (Lipinski definition) is 0. The lowest BCUT2D eigenvalue weighted by Crippen LogP contribution is -1.73. The molecule has 0 heteroatoms. The third-order valence-electron chi connectivity index (χ3n) is 1.52. The fraction of sp³-hybridized carbons (Fsp3) is 0.700. The van der Waals surface area contributed by atoms with Crippen molar-refractivity contribution in [3.8, 4) is 0 Å². The van der Waals surface area contributed by atoms with Crippen LogP contribution in [0, 0.1) is 6.92 Å². The monoisotopic (exact) mass is 139 g/mol. The highest BCUT2D eigenvalue weighted by atomic mass is 13.9. The smallest absolute Gasteiger partial charge is 0.0351 e. The first kappa shape index (κ1) is 9.74. The highest BCUT2D eigenvalue weighted by Gasteiger charge is 1.82. The number of allylic oxidation sites excluding steroid dienone is 2. The normalized spacial score (nSPS) is 11.0. The maximum absolute atomic E-state index is 3.80. The van der Waals surface area contributed by atoms with Crippen LogP contribution in [-0.4, -0.2) is 0 Å². The standard InChI is InChI=1S/C10H19/c1-3-5-7-9-10-8-6-4-2/h6,8H,1,3-5,7,9-10H2,2H3. The van der Waals surface area contributed by atoms with Crippen molar-refractivity contribution < 1.29 is 0 Å². The summed E-state index contributed by atoms with van der Waals surface area (Å²) < 4.78 is 0. The van der Waals surface area contributed by atoms with Gasteiger partial charge in [-0.3, -0.25) is 0 Å². The van der Waals surface area contributed by atoms with Gasteiger partial charge in [-0.15, -0.1) is 0 Å². The van der Waals surface area contributed by atoms with Crippen LogP contribution in [0.4, 0.5) is 0 Å². The van der Waals surface area contributed by atoms with E-state index in [0.29, 0.717) is 0 Å². The molecule has 0 unspecified atom stereocenters. The van der Waals surface area contributed by atoms with Gasteiger partial charge in [0.15, 0.2) is 0 Å². The lowest BCUT2D eigenvalue weighted by molar-refractivity contribution is 0.694. The molecule has 59 valence electrons. The summed E-state index contributed by atoms with van der Waals surface area (Å²) in [6.45, 7) is 5.97. The van der Waals surface area contributed by atoms with Crippen LogP contribution in [0.2, 0.25) is 0 Å². The second-order valence-electron chi connectivity index (χ2n) is 2.58. The van der Waals surface area contributed by atoms with E-state index in [4.69, 9.17) is 0 Å². The molecule has 0 fully saturated rings. The maximum Gasteiger partial charge on any atom is -0.0351 e. The van der Waals surface area contributed by atoms with Crippen molar-refractivity contribution in [2.75, 3.05) is 0 Å². The molecule has 0 rings (SSSR count). The Balaban J connectivity index is 2.83. The minimum absolute atomic E-state index is 1.09. The Morgan fingerprint density at radius 1 is 1.10 bits per heavy atom. The molecule has 0 N–H and O–H groups in total. The fourth-order valence-corrected chi connectivity index (χ4v) is 0.900. The first-order valence-corrected chi connectivity index (χ1v) is 4.36. The lowest BCUT2D eigenvalue weighted by atomic mass is 10.1. The highest BCUT2D eigenvalue weighted by molar-refractivity contribution is 4.79. The van der Waals surface area contributed by atoms with Crippen molar-refractivity contribution in [3.63, 3.8) is 0 Å². The van der Waals surface area contributed by atoms with Gasteiger partial charge in [0.25, 0.3) is 0 Å². The van der Waals surface area contributed by atoms with Crippen LogP contribution in [0.5, 0.6) is 0 Å². The van der Waals surface area contributed by atoms with E-state index in [1.165, 1.54) is 32.1 Å². The molecule has 0 nitrogen and oxygen atoms in total. The molecule has 0 bridgehead atoms. The van der Waals surface area contributed by atoms with Crippen LogP contribution >= 0.6 is 0 Å². The molecule has 0 heterocycles. The molecule has 10 heavy (non-hydrogen) atoms. The predicted octanol–water partition coefficient (Wildman–Crippen LogP) is 3.74. The van der Waals surface area contributed by atoms with Gasteiger partial charge in [-0.2, -0.15) is 0 Å². The molecule has 0 amide bonds. The molecule has 0 aliphatic heterocycles. The minimum Gasteiger partial charge on any atom is -0.0888 e. The summed E-state index contributed by atoms with van der Waals surface area (Å²) in [6.07, 6.45) is 12.0. The average molecular weight is 139 g/mol. The Morgan fingerprint density at radius 3 is 2.50 bits per heavy atom. The second-order valence-corrected chi connectivity index (χ2v) is 2.58. The third-order valence-corrected chi connectivity index (χ3v) is 1.52. The zero-order valence-corrected chi connectivity index (χ0v) is 7.10. The van der Waals surface area contributed by atoms with Crippen molar-refractivity contribution in [1.82, 2.24) is 0 Å². The van der Waals surface area contributed by atoms with Crippen molar-refractivity contribution >= 4 is 0 Å². The second kappa shape index (κ2) is 8.74. The Morgan fingerprint density at radius 2 is 1.90 bits per heavy atom. The summed E-state index contributed by atoms with van der Waals surface area (Å²) in [4.78, 5) is 0. The Hall–Kier alpha value is -0.260. The summed E-state index contributed by atoms with van der Waals surface area (Å²) in [7, 11) is 0. The Kier molecular flexibility index (Phi) is 8.51. The molecule has 0 saturated heterocycles. The van der Waals surface area contributed by atoms with Gasteiger partial charge in [0.1, 0.15) is 0 Å². The topological polar surface area (TPSA) is 0 Å². The fourth-order valence-electron chi connectivity index (χ4n) is 0.900. The summed E-state index contributed by atoms with van der Waals surface area (Å²) >= 11 is 0. The number of hydrogen-bond acceptors (Lipinski definition) is 0. The van der Waals surface area contributed by atoms with Crippen LogP contribution in [0.1, 0.15) is 45.4 Å². The van der Waals surface area contributed by atoms with Gasteiger partial charge in [0, 0.05) is 0 Å². The molecular weight excluding hydrogens is 120 g/mol. The van der Waals surface area contributed by atoms with Crippen LogP contribution < -0.4 is 0 Å². The van der Waals surface area contributed by atoms with Crippen molar-refractivity contribution in [2.24, 2.45) is 0 Å². The lowest BCUT2D eigenvalue weighted by Gasteiger charge is -1.92. The minimum atomic E-state index is 1.09. The van der Waals surface area contributed by atoms with E-state index in [0.717, 1.165) is 6.42 Å². The molecular formula is C10H19. The first-order valence-electron chi connectivity index (χ1n) is 4.36. The Labute approximate surface area is 65.3 Å². The molecule has 0 saturated carbocycles. The molecule has 0 aliphatic rings. The first-order chi connectivity index (χ1) is 4.91. The van der Waals surface area contributed by atoms with Gasteiger partial charge < -0.3 is 0 Å². The highest BCUT2D eigenvalue weighted by Crippen LogP contribution is 2.02. The molecule has 0 aromatic heterocycles. The number of rotatable bonds is 6. The van der Waals surface area contributed by atoms with E-state index in [9.17, 15) is 0 Å². The molecule has 0 aliphatic carbocycles. The van der Waals surface area contributed by atoms with Gasteiger partial charge in [-0.1, -0.05) is 45.3 Å². The molecule has 0 atom stereocenters. The molecule has 1 radical (unpaired) electrons. The van der Waals surface area contributed by atoms with Crippen molar-refractivity contribution in [2.45, 2.75) is 45.4 Å². The molecule has 0 aromatic rings.